The van der Waals surface area contributed by atoms with E-state index in [1.165, 1.54) is 0 Å². The Morgan fingerprint density at radius 2 is 2.00 bits per heavy atom. The molecule has 0 radical (unpaired) electrons. The van der Waals surface area contributed by atoms with Crippen molar-refractivity contribution in [2.24, 2.45) is 5.92 Å². The van der Waals surface area contributed by atoms with Crippen LogP contribution in [-0.2, 0) is 9.59 Å². The summed E-state index contributed by atoms with van der Waals surface area (Å²) >= 11 is 0. The minimum atomic E-state index is -0.627. The Balaban J connectivity index is 2.36. The van der Waals surface area contributed by atoms with E-state index in [2.05, 4.69) is 12.2 Å². The smallest absolute Gasteiger partial charge is 0.311 e. The maximum absolute atomic E-state index is 11.6. The zero-order chi connectivity index (χ0) is 12.1. The van der Waals surface area contributed by atoms with Gasteiger partial charge >= 0.3 is 11.8 Å². The van der Waals surface area contributed by atoms with Crippen molar-refractivity contribution < 1.29 is 14.7 Å². The van der Waals surface area contributed by atoms with Gasteiger partial charge in [-0.1, -0.05) is 6.92 Å². The molecule has 2 amide bonds. The van der Waals surface area contributed by atoms with Gasteiger partial charge in [0, 0.05) is 19.6 Å². The third-order valence-electron chi connectivity index (χ3n) is 2.82. The van der Waals surface area contributed by atoms with Gasteiger partial charge < -0.3 is 15.3 Å². The first-order chi connectivity index (χ1) is 7.50. The molecule has 0 bridgehead atoms. The molecule has 0 aromatic rings. The molecular formula is C11H20N2O3. The second-order valence-corrected chi connectivity index (χ2v) is 4.53. The molecule has 0 aliphatic carbocycles. The average Bonchev–Trinajstić information content (AvgIpc) is 2.26. The van der Waals surface area contributed by atoms with Crippen molar-refractivity contribution >= 4 is 11.8 Å². The van der Waals surface area contributed by atoms with E-state index in [4.69, 9.17) is 5.11 Å². The summed E-state index contributed by atoms with van der Waals surface area (Å²) in [5, 5.41) is 11.4. The maximum Gasteiger partial charge on any atom is 0.311 e. The molecule has 1 atom stereocenters. The van der Waals surface area contributed by atoms with Crippen molar-refractivity contribution in [2.75, 3.05) is 19.6 Å². The molecule has 1 fully saturated rings. The lowest BCUT2D eigenvalue weighted by atomic mass is 9.99. The van der Waals surface area contributed by atoms with Gasteiger partial charge in [0.15, 0.2) is 0 Å². The van der Waals surface area contributed by atoms with E-state index in [1.807, 2.05) is 0 Å². The van der Waals surface area contributed by atoms with Crippen molar-refractivity contribution in [2.45, 2.75) is 32.8 Å². The molecule has 1 aliphatic rings. The molecule has 92 valence electrons. The second-order valence-electron chi connectivity index (χ2n) is 4.53. The van der Waals surface area contributed by atoms with Crippen LogP contribution in [0.15, 0.2) is 0 Å². The van der Waals surface area contributed by atoms with Crippen LogP contribution in [0, 0.1) is 5.92 Å². The van der Waals surface area contributed by atoms with E-state index in [1.54, 1.807) is 11.8 Å². The molecule has 1 saturated heterocycles. The van der Waals surface area contributed by atoms with Crippen molar-refractivity contribution in [1.82, 2.24) is 10.2 Å². The van der Waals surface area contributed by atoms with Crippen LogP contribution in [0.1, 0.15) is 26.7 Å². The van der Waals surface area contributed by atoms with Gasteiger partial charge in [-0.05, 0) is 25.7 Å². The largest absolute Gasteiger partial charge is 0.392 e. The van der Waals surface area contributed by atoms with Crippen LogP contribution in [0.25, 0.3) is 0 Å². The molecule has 0 aromatic carbocycles. The molecule has 0 saturated carbocycles. The summed E-state index contributed by atoms with van der Waals surface area (Å²) in [5.74, 6) is -0.465. The molecule has 16 heavy (non-hydrogen) atoms. The summed E-state index contributed by atoms with van der Waals surface area (Å²) in [6.07, 6.45) is 1.28. The van der Waals surface area contributed by atoms with E-state index in [0.717, 1.165) is 12.8 Å². The van der Waals surface area contributed by atoms with Gasteiger partial charge in [-0.3, -0.25) is 9.59 Å². The van der Waals surface area contributed by atoms with Gasteiger partial charge in [-0.15, -0.1) is 0 Å². The number of hydrogen-bond donors (Lipinski definition) is 2. The molecule has 1 unspecified atom stereocenters. The Morgan fingerprint density at radius 1 is 1.44 bits per heavy atom. The average molecular weight is 228 g/mol. The van der Waals surface area contributed by atoms with E-state index < -0.39 is 17.9 Å². The Bertz CT molecular complexity index is 258. The number of rotatable bonds is 2. The summed E-state index contributed by atoms with van der Waals surface area (Å²) in [7, 11) is 0. The molecule has 1 rings (SSSR count). The summed E-state index contributed by atoms with van der Waals surface area (Å²) < 4.78 is 0. The number of aliphatic hydroxyl groups excluding tert-OH is 1. The van der Waals surface area contributed by atoms with E-state index in [-0.39, 0.29) is 6.54 Å². The Morgan fingerprint density at radius 3 is 2.50 bits per heavy atom. The summed E-state index contributed by atoms with van der Waals surface area (Å²) in [4.78, 5) is 24.6. The SMILES string of the molecule is CC(O)CNC(=O)C(=O)N1CCC(C)CC1. The number of hydrogen-bond acceptors (Lipinski definition) is 3. The fourth-order valence-electron chi connectivity index (χ4n) is 1.67. The molecular weight excluding hydrogens is 208 g/mol. The summed E-state index contributed by atoms with van der Waals surface area (Å²) in [5.41, 5.74) is 0. The number of nitrogens with one attached hydrogen (secondary N) is 1. The van der Waals surface area contributed by atoms with Gasteiger partial charge in [0.25, 0.3) is 0 Å². The van der Waals surface area contributed by atoms with Gasteiger partial charge in [0.1, 0.15) is 0 Å². The van der Waals surface area contributed by atoms with Crippen LogP contribution in [0.3, 0.4) is 0 Å². The van der Waals surface area contributed by atoms with Gasteiger partial charge in [0.05, 0.1) is 6.10 Å². The van der Waals surface area contributed by atoms with Crippen LogP contribution in [0.5, 0.6) is 0 Å². The summed E-state index contributed by atoms with van der Waals surface area (Å²) in [6.45, 7) is 5.14. The lowest BCUT2D eigenvalue weighted by Crippen LogP contribution is -2.47. The monoisotopic (exact) mass is 228 g/mol. The second kappa shape index (κ2) is 5.84. The Labute approximate surface area is 95.8 Å². The van der Waals surface area contributed by atoms with E-state index in [0.29, 0.717) is 19.0 Å². The molecule has 0 aromatic heterocycles. The van der Waals surface area contributed by atoms with Crippen molar-refractivity contribution in [3.8, 4) is 0 Å². The van der Waals surface area contributed by atoms with E-state index in [9.17, 15) is 9.59 Å². The van der Waals surface area contributed by atoms with Crippen LogP contribution in [0.4, 0.5) is 0 Å². The highest BCUT2D eigenvalue weighted by Gasteiger charge is 2.25. The zero-order valence-corrected chi connectivity index (χ0v) is 9.90. The first-order valence-electron chi connectivity index (χ1n) is 5.76. The molecule has 0 spiro atoms. The first kappa shape index (κ1) is 13.0. The first-order valence-corrected chi connectivity index (χ1v) is 5.76. The fourth-order valence-corrected chi connectivity index (χ4v) is 1.67. The third-order valence-corrected chi connectivity index (χ3v) is 2.82. The maximum atomic E-state index is 11.6. The predicted octanol–water partition coefficient (Wildman–Crippen LogP) is -0.258. The Kier molecular flexibility index (Phi) is 4.73. The van der Waals surface area contributed by atoms with Gasteiger partial charge in [-0.25, -0.2) is 0 Å². The highest BCUT2D eigenvalue weighted by Crippen LogP contribution is 2.15. The third kappa shape index (κ3) is 3.81. The van der Waals surface area contributed by atoms with Crippen molar-refractivity contribution in [1.29, 1.82) is 0 Å². The lowest BCUT2D eigenvalue weighted by molar-refractivity contribution is -0.146. The lowest BCUT2D eigenvalue weighted by Gasteiger charge is -2.29. The van der Waals surface area contributed by atoms with E-state index >= 15 is 0 Å². The number of piperidine rings is 1. The number of carbonyl (C=O) groups is 2. The van der Waals surface area contributed by atoms with Gasteiger partial charge in [0.2, 0.25) is 0 Å². The van der Waals surface area contributed by atoms with Crippen LogP contribution in [-0.4, -0.2) is 47.6 Å². The van der Waals surface area contributed by atoms with Gasteiger partial charge in [-0.2, -0.15) is 0 Å². The van der Waals surface area contributed by atoms with Crippen molar-refractivity contribution in [3.05, 3.63) is 0 Å². The molecule has 1 aliphatic heterocycles. The van der Waals surface area contributed by atoms with Crippen LogP contribution in [0.2, 0.25) is 0 Å². The van der Waals surface area contributed by atoms with Crippen LogP contribution < -0.4 is 5.32 Å². The normalized spacial score (nSPS) is 19.3. The number of nitrogens with zero attached hydrogens (tertiary/aromatic N) is 1. The Hall–Kier alpha value is -1.10. The molecule has 2 N–H and O–H groups in total. The predicted molar refractivity (Wildman–Crippen MR) is 59.7 cm³/mol. The zero-order valence-electron chi connectivity index (χ0n) is 9.90. The van der Waals surface area contributed by atoms with Crippen LogP contribution >= 0.6 is 0 Å². The highest BCUT2D eigenvalue weighted by molar-refractivity contribution is 6.35. The minimum Gasteiger partial charge on any atom is -0.392 e. The molecule has 1 heterocycles. The minimum absolute atomic E-state index is 0.120. The molecule has 5 heteroatoms. The number of carbonyl (C=O) groups excluding carboxylic acids is 2. The highest BCUT2D eigenvalue weighted by atomic mass is 16.3. The summed E-state index contributed by atoms with van der Waals surface area (Å²) in [6, 6.07) is 0. The standard InChI is InChI=1S/C11H20N2O3/c1-8-3-5-13(6-4-8)11(16)10(15)12-7-9(2)14/h8-9,14H,3-7H2,1-2H3,(H,12,15). The molecule has 5 nitrogen and oxygen atoms in total. The number of aliphatic hydroxyl groups is 1. The quantitative estimate of drug-likeness (QED) is 0.640. The topological polar surface area (TPSA) is 69.6 Å². The fraction of sp³-hybridized carbons (Fsp3) is 0.818. The van der Waals surface area contributed by atoms with Crippen molar-refractivity contribution in [3.63, 3.8) is 0 Å². The number of likely N-dealkylation sites (tertiary alicyclic amines) is 1. The number of amides is 2.